The van der Waals surface area contributed by atoms with Gasteiger partial charge in [0.1, 0.15) is 6.79 Å². The fourth-order valence-corrected chi connectivity index (χ4v) is 7.04. The van der Waals surface area contributed by atoms with Gasteiger partial charge in [-0.2, -0.15) is 0 Å². The van der Waals surface area contributed by atoms with E-state index in [1.54, 1.807) is 13.2 Å². The van der Waals surface area contributed by atoms with Crippen LogP contribution in [0.1, 0.15) is 52.9 Å². The molecule has 166 valence electrons. The SMILES string of the molecule is COCO[C@H]1C[C@H]2/C(=C\C(=O)OC)CC[C@H]2[C@@H]2C[C@H](O[Si](C)(C)C(C)(C)C)C[C@@H]21. The third-order valence-corrected chi connectivity index (χ3v) is 12.6. The highest BCUT2D eigenvalue weighted by atomic mass is 28.4. The first kappa shape index (κ1) is 23.0. The lowest BCUT2D eigenvalue weighted by atomic mass is 9.67. The molecule has 0 aliphatic heterocycles. The van der Waals surface area contributed by atoms with Crippen molar-refractivity contribution >= 4 is 14.3 Å². The lowest BCUT2D eigenvalue weighted by Gasteiger charge is -2.41. The number of esters is 1. The second-order valence-corrected chi connectivity index (χ2v) is 15.5. The van der Waals surface area contributed by atoms with Crippen molar-refractivity contribution in [1.29, 1.82) is 0 Å². The molecule has 3 aliphatic rings. The van der Waals surface area contributed by atoms with Crippen LogP contribution in [0.15, 0.2) is 11.6 Å². The maximum Gasteiger partial charge on any atom is 0.330 e. The van der Waals surface area contributed by atoms with Crippen LogP contribution in [0.3, 0.4) is 0 Å². The second-order valence-electron chi connectivity index (χ2n) is 10.7. The molecule has 6 atom stereocenters. The standard InChI is InChI=1S/C23H40O5Si/c1-23(2,3)29(6,7)28-16-11-19-17-9-8-15(10-22(24)26-5)18(17)13-21(20(19)12-16)27-14-25-4/h10,16-21H,8-9,11-14H2,1-7H3/b15-10-/t16-,17+,18-,19-,20-,21-/m0/s1. The molecule has 0 N–H and O–H groups in total. The van der Waals surface area contributed by atoms with E-state index in [0.29, 0.717) is 36.6 Å². The van der Waals surface area contributed by atoms with E-state index >= 15 is 0 Å². The Morgan fingerprint density at radius 1 is 1.10 bits per heavy atom. The van der Waals surface area contributed by atoms with Gasteiger partial charge in [-0.25, -0.2) is 4.79 Å². The Bertz CT molecular complexity index is 623. The first-order valence-electron chi connectivity index (χ1n) is 11.1. The Labute approximate surface area is 177 Å². The average molecular weight is 425 g/mol. The van der Waals surface area contributed by atoms with E-state index in [9.17, 15) is 4.79 Å². The molecule has 3 fully saturated rings. The summed E-state index contributed by atoms with van der Waals surface area (Å²) in [6.45, 7) is 12.0. The van der Waals surface area contributed by atoms with Crippen LogP contribution in [-0.4, -0.2) is 47.5 Å². The van der Waals surface area contributed by atoms with Crippen LogP contribution in [0.25, 0.3) is 0 Å². The Kier molecular flexibility index (Phi) is 6.98. The fraction of sp³-hybridized carbons (Fsp3) is 0.870. The van der Waals surface area contributed by atoms with Crippen molar-refractivity contribution in [2.24, 2.45) is 23.7 Å². The Hall–Kier alpha value is -0.693. The van der Waals surface area contributed by atoms with Gasteiger partial charge < -0.3 is 18.6 Å². The first-order chi connectivity index (χ1) is 13.6. The quantitative estimate of drug-likeness (QED) is 0.262. The maximum atomic E-state index is 11.9. The van der Waals surface area contributed by atoms with Gasteiger partial charge >= 0.3 is 5.97 Å². The van der Waals surface area contributed by atoms with Gasteiger partial charge in [0.25, 0.3) is 0 Å². The first-order valence-corrected chi connectivity index (χ1v) is 14.0. The molecule has 0 aromatic rings. The predicted octanol–water partition coefficient (Wildman–Crippen LogP) is 4.92. The van der Waals surface area contributed by atoms with Gasteiger partial charge in [0.2, 0.25) is 0 Å². The van der Waals surface area contributed by atoms with Crippen LogP contribution in [0.5, 0.6) is 0 Å². The number of rotatable bonds is 6. The van der Waals surface area contributed by atoms with Crippen molar-refractivity contribution in [2.75, 3.05) is 21.0 Å². The summed E-state index contributed by atoms with van der Waals surface area (Å²) in [5.41, 5.74) is 1.25. The largest absolute Gasteiger partial charge is 0.466 e. The predicted molar refractivity (Wildman–Crippen MR) is 116 cm³/mol. The number of carbonyl (C=O) groups excluding carboxylic acids is 1. The van der Waals surface area contributed by atoms with Gasteiger partial charge in [0, 0.05) is 19.3 Å². The van der Waals surface area contributed by atoms with Crippen LogP contribution in [0.4, 0.5) is 0 Å². The molecule has 0 aromatic heterocycles. The summed E-state index contributed by atoms with van der Waals surface area (Å²) in [5, 5.41) is 0.221. The molecule has 5 nitrogen and oxygen atoms in total. The summed E-state index contributed by atoms with van der Waals surface area (Å²) in [7, 11) is 1.34. The molecule has 3 saturated carbocycles. The lowest BCUT2D eigenvalue weighted by molar-refractivity contribution is -0.135. The minimum atomic E-state index is -1.79. The van der Waals surface area contributed by atoms with E-state index in [0.717, 1.165) is 25.7 Å². The molecular formula is C23H40O5Si. The fourth-order valence-electron chi connectivity index (χ4n) is 5.66. The summed E-state index contributed by atoms with van der Waals surface area (Å²) in [4.78, 5) is 11.9. The number of ether oxygens (including phenoxy) is 3. The van der Waals surface area contributed by atoms with Gasteiger partial charge in [-0.3, -0.25) is 0 Å². The molecule has 0 amide bonds. The molecule has 3 aliphatic carbocycles. The van der Waals surface area contributed by atoms with Gasteiger partial charge in [0.15, 0.2) is 8.32 Å². The normalized spacial score (nSPS) is 36.2. The highest BCUT2D eigenvalue weighted by Gasteiger charge is 2.54. The van der Waals surface area contributed by atoms with E-state index in [1.807, 2.05) is 0 Å². The zero-order valence-electron chi connectivity index (χ0n) is 19.3. The Morgan fingerprint density at radius 3 is 2.41 bits per heavy atom. The number of allylic oxidation sites excluding steroid dienone is 1. The summed E-state index contributed by atoms with van der Waals surface area (Å²) in [6.07, 6.45) is 7.58. The van der Waals surface area contributed by atoms with Crippen LogP contribution >= 0.6 is 0 Å². The van der Waals surface area contributed by atoms with Crippen molar-refractivity contribution in [2.45, 2.75) is 83.2 Å². The molecule has 0 spiro atoms. The van der Waals surface area contributed by atoms with E-state index < -0.39 is 8.32 Å². The van der Waals surface area contributed by atoms with Crippen LogP contribution in [0.2, 0.25) is 18.1 Å². The van der Waals surface area contributed by atoms with Gasteiger partial charge in [-0.05, 0) is 73.9 Å². The van der Waals surface area contributed by atoms with Crippen molar-refractivity contribution in [3.8, 4) is 0 Å². The molecule has 0 unspecified atom stereocenters. The minimum Gasteiger partial charge on any atom is -0.466 e. The zero-order chi connectivity index (χ0) is 21.4. The molecule has 6 heteroatoms. The summed E-state index contributed by atoms with van der Waals surface area (Å²) >= 11 is 0. The molecule has 0 radical (unpaired) electrons. The molecule has 0 saturated heterocycles. The summed E-state index contributed by atoms with van der Waals surface area (Å²) in [6, 6.07) is 0. The number of hydrogen-bond donors (Lipinski definition) is 0. The number of carbonyl (C=O) groups is 1. The molecule has 0 aromatic carbocycles. The maximum absolute atomic E-state index is 11.9. The van der Waals surface area contributed by atoms with Crippen LogP contribution in [0, 0.1) is 23.7 Å². The average Bonchev–Trinajstić information content (AvgIpc) is 3.22. The monoisotopic (exact) mass is 424 g/mol. The topological polar surface area (TPSA) is 54.0 Å². The summed E-state index contributed by atoms with van der Waals surface area (Å²) < 4.78 is 23.1. The molecular weight excluding hydrogens is 384 g/mol. The van der Waals surface area contributed by atoms with E-state index in [-0.39, 0.29) is 17.1 Å². The smallest absolute Gasteiger partial charge is 0.330 e. The van der Waals surface area contributed by atoms with Gasteiger partial charge in [-0.15, -0.1) is 0 Å². The molecule has 0 heterocycles. The molecule has 29 heavy (non-hydrogen) atoms. The van der Waals surface area contributed by atoms with E-state index in [2.05, 4.69) is 33.9 Å². The summed E-state index contributed by atoms with van der Waals surface area (Å²) in [5.74, 6) is 1.95. The van der Waals surface area contributed by atoms with E-state index in [1.165, 1.54) is 19.1 Å². The highest BCUT2D eigenvalue weighted by molar-refractivity contribution is 6.74. The van der Waals surface area contributed by atoms with Gasteiger partial charge in [0.05, 0.1) is 13.2 Å². The van der Waals surface area contributed by atoms with Crippen molar-refractivity contribution < 1.29 is 23.4 Å². The zero-order valence-corrected chi connectivity index (χ0v) is 20.3. The molecule has 0 bridgehead atoms. The van der Waals surface area contributed by atoms with Crippen molar-refractivity contribution in [1.82, 2.24) is 0 Å². The third-order valence-electron chi connectivity index (χ3n) is 8.07. The minimum absolute atomic E-state index is 0.174. The third kappa shape index (κ3) is 4.81. The highest BCUT2D eigenvalue weighted by Crippen LogP contribution is 2.57. The number of fused-ring (bicyclic) bond motifs is 3. The molecule has 3 rings (SSSR count). The Morgan fingerprint density at radius 2 is 1.79 bits per heavy atom. The van der Waals surface area contributed by atoms with Crippen LogP contribution < -0.4 is 0 Å². The lowest BCUT2D eigenvalue weighted by Crippen LogP contribution is -2.43. The number of methoxy groups -OCH3 is 2. The number of hydrogen-bond acceptors (Lipinski definition) is 5. The van der Waals surface area contributed by atoms with E-state index in [4.69, 9.17) is 18.6 Å². The van der Waals surface area contributed by atoms with Crippen LogP contribution in [-0.2, 0) is 23.4 Å². The van der Waals surface area contributed by atoms with Crippen molar-refractivity contribution in [3.05, 3.63) is 11.6 Å². The Balaban J connectivity index is 1.79. The van der Waals surface area contributed by atoms with Crippen molar-refractivity contribution in [3.63, 3.8) is 0 Å². The second kappa shape index (κ2) is 8.81. The van der Waals surface area contributed by atoms with Gasteiger partial charge in [-0.1, -0.05) is 26.3 Å².